The van der Waals surface area contributed by atoms with Gasteiger partial charge in [0, 0.05) is 6.61 Å². The normalized spacial score (nSPS) is 13.2. The molecule has 0 aromatic carbocycles. The Kier molecular flexibility index (Phi) is 9.40. The molecule has 12 heavy (non-hydrogen) atoms. The first-order valence-electron chi connectivity index (χ1n) is 5.46. The van der Waals surface area contributed by atoms with Crippen LogP contribution in [0.1, 0.15) is 46.5 Å². The summed E-state index contributed by atoms with van der Waals surface area (Å²) in [6, 6.07) is 2.77. The quantitative estimate of drug-likeness (QED) is 0.531. The first-order chi connectivity index (χ1) is 5.85. The van der Waals surface area contributed by atoms with E-state index in [0.29, 0.717) is 0 Å². The molecule has 1 atom stereocenters. The van der Waals surface area contributed by atoms with Gasteiger partial charge in [0.25, 0.3) is 0 Å². The minimum absolute atomic E-state index is 0.769. The predicted molar refractivity (Wildman–Crippen MR) is 58.2 cm³/mol. The van der Waals surface area contributed by atoms with E-state index in [9.17, 15) is 0 Å². The van der Waals surface area contributed by atoms with Crippen molar-refractivity contribution in [3.8, 4) is 0 Å². The Balaban J connectivity index is 3.40. The summed E-state index contributed by atoms with van der Waals surface area (Å²) in [6.45, 7) is 7.72. The van der Waals surface area contributed by atoms with Gasteiger partial charge in [-0.25, -0.2) is 0 Å². The van der Waals surface area contributed by atoms with Crippen molar-refractivity contribution in [2.45, 2.75) is 58.5 Å². The highest BCUT2D eigenvalue weighted by atomic mass is 28.3. The molecule has 0 aliphatic heterocycles. The molecule has 0 aliphatic rings. The van der Waals surface area contributed by atoms with Crippen molar-refractivity contribution in [3.63, 3.8) is 0 Å². The lowest BCUT2D eigenvalue weighted by atomic mass is 10.4. The zero-order valence-corrected chi connectivity index (χ0v) is 10.1. The van der Waals surface area contributed by atoms with Gasteiger partial charge in [0.05, 0.1) is 0 Å². The molecule has 0 aromatic rings. The molecule has 0 spiro atoms. The third-order valence-corrected chi connectivity index (χ3v) is 5.03. The second-order valence-electron chi connectivity index (χ2n) is 3.42. The standard InChI is InChI=1S/C10H24OSi/c1-4-7-10-12(9-6-3)11-8-5-2/h12H,4-10H2,1-3H3. The maximum atomic E-state index is 5.87. The van der Waals surface area contributed by atoms with E-state index in [1.165, 1.54) is 37.8 Å². The predicted octanol–water partition coefficient (Wildman–Crippen LogP) is 3.35. The molecule has 0 saturated carbocycles. The first-order valence-corrected chi connectivity index (χ1v) is 7.57. The summed E-state index contributed by atoms with van der Waals surface area (Å²) < 4.78 is 5.87. The smallest absolute Gasteiger partial charge is 0.176 e. The molecule has 0 fully saturated rings. The van der Waals surface area contributed by atoms with Crippen LogP contribution >= 0.6 is 0 Å². The SMILES string of the molecule is CCCC[SiH](CCC)OCCC. The fourth-order valence-corrected chi connectivity index (χ4v) is 4.05. The highest BCUT2D eigenvalue weighted by Crippen LogP contribution is 2.09. The molecule has 0 heterocycles. The van der Waals surface area contributed by atoms with Crippen molar-refractivity contribution in [1.82, 2.24) is 0 Å². The van der Waals surface area contributed by atoms with E-state index in [0.717, 1.165) is 6.61 Å². The van der Waals surface area contributed by atoms with Crippen LogP contribution in [0.25, 0.3) is 0 Å². The van der Waals surface area contributed by atoms with Crippen molar-refractivity contribution in [2.24, 2.45) is 0 Å². The van der Waals surface area contributed by atoms with Gasteiger partial charge in [-0.1, -0.05) is 40.0 Å². The molecule has 1 unspecified atom stereocenters. The van der Waals surface area contributed by atoms with Crippen LogP contribution in [-0.2, 0) is 4.43 Å². The Morgan fingerprint density at radius 1 is 0.917 bits per heavy atom. The van der Waals surface area contributed by atoms with Crippen LogP contribution in [0.4, 0.5) is 0 Å². The molecule has 0 bridgehead atoms. The summed E-state index contributed by atoms with van der Waals surface area (Å²) in [5.74, 6) is 0. The third-order valence-electron chi connectivity index (χ3n) is 2.05. The van der Waals surface area contributed by atoms with Crippen LogP contribution in [0.5, 0.6) is 0 Å². The summed E-state index contributed by atoms with van der Waals surface area (Å²) >= 11 is 0. The second kappa shape index (κ2) is 9.27. The largest absolute Gasteiger partial charge is 0.420 e. The van der Waals surface area contributed by atoms with Gasteiger partial charge >= 0.3 is 0 Å². The Morgan fingerprint density at radius 2 is 1.67 bits per heavy atom. The molecule has 0 aromatic heterocycles. The zero-order chi connectivity index (χ0) is 9.23. The molecular weight excluding hydrogens is 164 g/mol. The van der Waals surface area contributed by atoms with Crippen LogP contribution < -0.4 is 0 Å². The topological polar surface area (TPSA) is 9.23 Å². The van der Waals surface area contributed by atoms with Crippen LogP contribution in [-0.4, -0.2) is 15.6 Å². The molecule has 0 aliphatic carbocycles. The lowest BCUT2D eigenvalue weighted by Gasteiger charge is -2.14. The number of hydrogen-bond acceptors (Lipinski definition) is 1. The fourth-order valence-electron chi connectivity index (χ4n) is 1.35. The molecule has 74 valence electrons. The minimum Gasteiger partial charge on any atom is -0.420 e. The van der Waals surface area contributed by atoms with Crippen LogP contribution in [0.15, 0.2) is 0 Å². The van der Waals surface area contributed by atoms with Crippen molar-refractivity contribution < 1.29 is 4.43 Å². The molecule has 1 nitrogen and oxygen atoms in total. The summed E-state index contributed by atoms with van der Waals surface area (Å²) in [4.78, 5) is 0. The molecule has 2 heteroatoms. The van der Waals surface area contributed by atoms with E-state index < -0.39 is 9.04 Å². The van der Waals surface area contributed by atoms with E-state index in [-0.39, 0.29) is 0 Å². The fraction of sp³-hybridized carbons (Fsp3) is 1.00. The summed E-state index contributed by atoms with van der Waals surface area (Å²) in [5.41, 5.74) is 0. The molecule has 0 N–H and O–H groups in total. The Morgan fingerprint density at radius 3 is 2.17 bits per heavy atom. The first kappa shape index (κ1) is 12.2. The number of unbranched alkanes of at least 4 members (excludes halogenated alkanes) is 1. The van der Waals surface area contributed by atoms with Gasteiger partial charge in [0.15, 0.2) is 9.04 Å². The van der Waals surface area contributed by atoms with E-state index in [2.05, 4.69) is 20.8 Å². The van der Waals surface area contributed by atoms with Crippen LogP contribution in [0.2, 0.25) is 12.1 Å². The maximum Gasteiger partial charge on any atom is 0.176 e. The molecule has 0 amide bonds. The second-order valence-corrected chi connectivity index (χ2v) is 6.16. The Bertz CT molecular complexity index is 77.9. The number of hydrogen-bond donors (Lipinski definition) is 0. The van der Waals surface area contributed by atoms with Crippen LogP contribution in [0, 0.1) is 0 Å². The molecule has 0 radical (unpaired) electrons. The van der Waals surface area contributed by atoms with Gasteiger partial charge < -0.3 is 4.43 Å². The third kappa shape index (κ3) is 6.86. The van der Waals surface area contributed by atoms with Crippen molar-refractivity contribution in [1.29, 1.82) is 0 Å². The monoisotopic (exact) mass is 188 g/mol. The lowest BCUT2D eigenvalue weighted by molar-refractivity contribution is 0.316. The van der Waals surface area contributed by atoms with Gasteiger partial charge in [0.2, 0.25) is 0 Å². The van der Waals surface area contributed by atoms with Crippen molar-refractivity contribution in [3.05, 3.63) is 0 Å². The molecule has 0 rings (SSSR count). The van der Waals surface area contributed by atoms with Gasteiger partial charge in [-0.15, -0.1) is 0 Å². The van der Waals surface area contributed by atoms with Gasteiger partial charge in [-0.05, 0) is 18.5 Å². The van der Waals surface area contributed by atoms with E-state index in [4.69, 9.17) is 4.43 Å². The van der Waals surface area contributed by atoms with E-state index >= 15 is 0 Å². The van der Waals surface area contributed by atoms with E-state index in [1.807, 2.05) is 0 Å². The summed E-state index contributed by atoms with van der Waals surface area (Å²) in [6.07, 6.45) is 5.19. The van der Waals surface area contributed by atoms with Crippen molar-refractivity contribution >= 4 is 9.04 Å². The summed E-state index contributed by atoms with van der Waals surface area (Å²) in [5, 5.41) is 0. The Hall–Kier alpha value is 0.177. The average Bonchev–Trinajstić information content (AvgIpc) is 2.10. The van der Waals surface area contributed by atoms with Gasteiger partial charge in [-0.2, -0.15) is 0 Å². The van der Waals surface area contributed by atoms with E-state index in [1.54, 1.807) is 0 Å². The van der Waals surface area contributed by atoms with Crippen LogP contribution in [0.3, 0.4) is 0 Å². The Labute approximate surface area is 79.2 Å². The highest BCUT2D eigenvalue weighted by Gasteiger charge is 2.08. The molecular formula is C10H24OSi. The molecule has 0 saturated heterocycles. The maximum absolute atomic E-state index is 5.87. The minimum atomic E-state index is -0.769. The van der Waals surface area contributed by atoms with Gasteiger partial charge in [0.1, 0.15) is 0 Å². The lowest BCUT2D eigenvalue weighted by Crippen LogP contribution is -2.17. The zero-order valence-electron chi connectivity index (χ0n) is 8.94. The average molecular weight is 188 g/mol. The van der Waals surface area contributed by atoms with Gasteiger partial charge in [-0.3, -0.25) is 0 Å². The number of rotatable bonds is 8. The highest BCUT2D eigenvalue weighted by molar-refractivity contribution is 6.51. The van der Waals surface area contributed by atoms with Crippen molar-refractivity contribution in [2.75, 3.05) is 6.61 Å². The summed E-state index contributed by atoms with van der Waals surface area (Å²) in [7, 11) is -0.769.